The first-order chi connectivity index (χ1) is 11.2. The minimum atomic E-state index is -0.321. The van der Waals surface area contributed by atoms with Gasteiger partial charge in [0.25, 0.3) is 5.91 Å². The van der Waals surface area contributed by atoms with Crippen LogP contribution in [0.5, 0.6) is 0 Å². The summed E-state index contributed by atoms with van der Waals surface area (Å²) in [5.74, 6) is 0.171. The lowest BCUT2D eigenvalue weighted by atomic mass is 10.2. The van der Waals surface area contributed by atoms with Gasteiger partial charge in [0.1, 0.15) is 5.82 Å². The van der Waals surface area contributed by atoms with E-state index >= 15 is 0 Å². The molecule has 0 spiro atoms. The van der Waals surface area contributed by atoms with Crippen molar-refractivity contribution in [2.45, 2.75) is 13.0 Å². The van der Waals surface area contributed by atoms with Crippen molar-refractivity contribution in [3.63, 3.8) is 0 Å². The van der Waals surface area contributed by atoms with E-state index in [1.807, 2.05) is 18.2 Å². The van der Waals surface area contributed by atoms with Crippen LogP contribution < -0.4 is 10.6 Å². The summed E-state index contributed by atoms with van der Waals surface area (Å²) in [7, 11) is 0. The van der Waals surface area contributed by atoms with E-state index in [-0.39, 0.29) is 18.6 Å². The van der Waals surface area contributed by atoms with Gasteiger partial charge in [0.2, 0.25) is 0 Å². The number of fused-ring (bicyclic) bond motifs is 1. The number of amides is 1. The molecule has 1 atom stereocenters. The van der Waals surface area contributed by atoms with Gasteiger partial charge < -0.3 is 15.7 Å². The zero-order chi connectivity index (χ0) is 16.2. The molecule has 7 heteroatoms. The Morgan fingerprint density at radius 3 is 3.09 bits per heavy atom. The van der Waals surface area contributed by atoms with Gasteiger partial charge in [-0.15, -0.1) is 0 Å². The van der Waals surface area contributed by atoms with Crippen LogP contribution in [0.4, 0.5) is 11.5 Å². The number of carbonyl (C=O) groups excluding carboxylic acids is 1. The van der Waals surface area contributed by atoms with Crippen LogP contribution in [0.25, 0.3) is 10.9 Å². The van der Waals surface area contributed by atoms with Crippen LogP contribution in [0.15, 0.2) is 42.7 Å². The van der Waals surface area contributed by atoms with Gasteiger partial charge in [0.05, 0.1) is 23.9 Å². The van der Waals surface area contributed by atoms with Crippen LogP contribution in [-0.4, -0.2) is 38.8 Å². The maximum Gasteiger partial charge on any atom is 0.255 e. The van der Waals surface area contributed by atoms with E-state index in [1.54, 1.807) is 31.5 Å². The number of anilines is 2. The van der Waals surface area contributed by atoms with E-state index in [2.05, 4.69) is 25.8 Å². The van der Waals surface area contributed by atoms with E-state index in [0.717, 1.165) is 16.6 Å². The molecule has 0 aliphatic heterocycles. The molecule has 4 N–H and O–H groups in total. The minimum Gasteiger partial charge on any atom is -0.394 e. The van der Waals surface area contributed by atoms with Crippen molar-refractivity contribution >= 4 is 28.3 Å². The third-order valence-corrected chi connectivity index (χ3v) is 3.41. The van der Waals surface area contributed by atoms with Crippen molar-refractivity contribution < 1.29 is 9.90 Å². The zero-order valence-corrected chi connectivity index (χ0v) is 12.6. The lowest BCUT2D eigenvalue weighted by Crippen LogP contribution is -2.35. The fourth-order valence-electron chi connectivity index (χ4n) is 2.19. The number of benzene rings is 1. The predicted octanol–water partition coefficient (Wildman–Crippen LogP) is 1.81. The molecule has 2 heterocycles. The van der Waals surface area contributed by atoms with Crippen LogP contribution in [0, 0.1) is 0 Å². The molecule has 1 amide bonds. The number of H-pyrrole nitrogens is 1. The van der Waals surface area contributed by atoms with Crippen LogP contribution in [0.1, 0.15) is 17.3 Å². The molecule has 0 unspecified atom stereocenters. The molecule has 7 nitrogen and oxygen atoms in total. The fourth-order valence-corrected chi connectivity index (χ4v) is 2.19. The fraction of sp³-hybridized carbons (Fsp3) is 0.188. The Bertz CT molecular complexity index is 830. The van der Waals surface area contributed by atoms with E-state index in [9.17, 15) is 4.79 Å². The molecule has 1 aromatic carbocycles. The lowest BCUT2D eigenvalue weighted by molar-refractivity contribution is 0.0923. The topological polar surface area (TPSA) is 103 Å². The van der Waals surface area contributed by atoms with Gasteiger partial charge in [0, 0.05) is 23.3 Å². The monoisotopic (exact) mass is 311 g/mol. The van der Waals surface area contributed by atoms with Gasteiger partial charge in [-0.3, -0.25) is 9.89 Å². The van der Waals surface area contributed by atoms with Crippen LogP contribution in [0.3, 0.4) is 0 Å². The number of aliphatic hydroxyl groups is 1. The summed E-state index contributed by atoms with van der Waals surface area (Å²) < 4.78 is 0. The maximum absolute atomic E-state index is 12.3. The molecule has 0 saturated carbocycles. The molecule has 23 heavy (non-hydrogen) atoms. The highest BCUT2D eigenvalue weighted by atomic mass is 16.3. The number of aromatic amines is 1. The SMILES string of the molecule is C[C@@H](CO)NC(=O)c1cccnc1Nc1ccc2[nH]ncc2c1. The van der Waals surface area contributed by atoms with E-state index in [0.29, 0.717) is 11.4 Å². The maximum atomic E-state index is 12.3. The van der Waals surface area contributed by atoms with Crippen molar-refractivity contribution in [3.8, 4) is 0 Å². The summed E-state index contributed by atoms with van der Waals surface area (Å²) in [6.07, 6.45) is 3.35. The van der Waals surface area contributed by atoms with E-state index in [1.165, 1.54) is 0 Å². The van der Waals surface area contributed by atoms with Crippen molar-refractivity contribution in [2.24, 2.45) is 0 Å². The van der Waals surface area contributed by atoms with Gasteiger partial charge in [-0.1, -0.05) is 0 Å². The van der Waals surface area contributed by atoms with Crippen LogP contribution in [0.2, 0.25) is 0 Å². The number of hydrogen-bond donors (Lipinski definition) is 4. The Morgan fingerprint density at radius 2 is 2.26 bits per heavy atom. The number of carbonyl (C=O) groups is 1. The summed E-state index contributed by atoms with van der Waals surface area (Å²) in [6, 6.07) is 8.77. The number of nitrogens with one attached hydrogen (secondary N) is 3. The molecule has 0 bridgehead atoms. The van der Waals surface area contributed by atoms with Gasteiger partial charge in [-0.2, -0.15) is 5.10 Å². The number of rotatable bonds is 5. The predicted molar refractivity (Wildman–Crippen MR) is 87.6 cm³/mol. The van der Waals surface area contributed by atoms with Gasteiger partial charge in [0.15, 0.2) is 0 Å². The summed E-state index contributed by atoms with van der Waals surface area (Å²) in [5, 5.41) is 22.8. The molecule has 0 aliphatic rings. The third kappa shape index (κ3) is 3.29. The van der Waals surface area contributed by atoms with Crippen LogP contribution >= 0.6 is 0 Å². The minimum absolute atomic E-state index is 0.119. The highest BCUT2D eigenvalue weighted by molar-refractivity contribution is 5.99. The third-order valence-electron chi connectivity index (χ3n) is 3.41. The van der Waals surface area contributed by atoms with E-state index in [4.69, 9.17) is 5.11 Å². The smallest absolute Gasteiger partial charge is 0.255 e. The second-order valence-electron chi connectivity index (χ2n) is 5.25. The van der Waals surface area contributed by atoms with Crippen molar-refractivity contribution in [1.29, 1.82) is 0 Å². The number of aliphatic hydroxyl groups excluding tert-OH is 1. The first-order valence-corrected chi connectivity index (χ1v) is 7.24. The van der Waals surface area contributed by atoms with Gasteiger partial charge >= 0.3 is 0 Å². The molecule has 0 aliphatic carbocycles. The quantitative estimate of drug-likeness (QED) is 0.575. The highest BCUT2D eigenvalue weighted by Crippen LogP contribution is 2.22. The van der Waals surface area contributed by atoms with Crippen molar-refractivity contribution in [1.82, 2.24) is 20.5 Å². The average molecular weight is 311 g/mol. The summed E-state index contributed by atoms with van der Waals surface area (Å²) in [5.41, 5.74) is 2.16. The molecule has 0 saturated heterocycles. The molecule has 118 valence electrons. The van der Waals surface area contributed by atoms with Gasteiger partial charge in [-0.05, 0) is 37.3 Å². The van der Waals surface area contributed by atoms with E-state index < -0.39 is 0 Å². The molecule has 2 aromatic heterocycles. The Balaban J connectivity index is 1.86. The average Bonchev–Trinajstić information content (AvgIpc) is 3.02. The van der Waals surface area contributed by atoms with Crippen LogP contribution in [-0.2, 0) is 0 Å². The molecule has 0 radical (unpaired) electrons. The summed E-state index contributed by atoms with van der Waals surface area (Å²) >= 11 is 0. The summed E-state index contributed by atoms with van der Waals surface area (Å²) in [4.78, 5) is 16.5. The number of aromatic nitrogens is 3. The van der Waals surface area contributed by atoms with Gasteiger partial charge in [-0.25, -0.2) is 4.98 Å². The first kappa shape index (κ1) is 15.0. The van der Waals surface area contributed by atoms with Crippen molar-refractivity contribution in [2.75, 3.05) is 11.9 Å². The molecular formula is C16H17N5O2. The second kappa shape index (κ2) is 6.45. The Kier molecular flexibility index (Phi) is 4.20. The zero-order valence-electron chi connectivity index (χ0n) is 12.6. The Labute approximate surface area is 132 Å². The Morgan fingerprint density at radius 1 is 1.39 bits per heavy atom. The molecule has 0 fully saturated rings. The number of pyridine rings is 1. The number of nitrogens with zero attached hydrogens (tertiary/aromatic N) is 2. The molecule has 3 rings (SSSR count). The number of hydrogen-bond acceptors (Lipinski definition) is 5. The highest BCUT2D eigenvalue weighted by Gasteiger charge is 2.14. The normalized spacial score (nSPS) is 12.1. The molecule has 3 aromatic rings. The first-order valence-electron chi connectivity index (χ1n) is 7.24. The lowest BCUT2D eigenvalue weighted by Gasteiger charge is -2.14. The Hall–Kier alpha value is -2.93. The second-order valence-corrected chi connectivity index (χ2v) is 5.25. The van der Waals surface area contributed by atoms with Crippen molar-refractivity contribution in [3.05, 3.63) is 48.3 Å². The summed E-state index contributed by atoms with van der Waals surface area (Å²) in [6.45, 7) is 1.61. The molecular weight excluding hydrogens is 294 g/mol. The largest absolute Gasteiger partial charge is 0.394 e. The standard InChI is InChI=1S/C16H17N5O2/c1-10(9-22)19-16(23)13-3-2-6-17-15(13)20-12-4-5-14-11(7-12)8-18-21-14/h2-8,10,22H,9H2,1H3,(H,17,20)(H,18,21)(H,19,23)/t10-/m0/s1.